The second-order valence-electron chi connectivity index (χ2n) is 4.64. The van der Waals surface area contributed by atoms with Gasteiger partial charge in [0.05, 0.1) is 11.9 Å². The fraction of sp³-hybridized carbons (Fsp3) is 0.500. The van der Waals surface area contributed by atoms with Crippen molar-refractivity contribution in [2.24, 2.45) is 17.8 Å². The van der Waals surface area contributed by atoms with Crippen LogP contribution in [0.1, 0.15) is 19.3 Å². The van der Waals surface area contributed by atoms with Crippen molar-refractivity contribution in [3.63, 3.8) is 0 Å². The molecule has 84 valence electrons. The number of carbonyl (C=O) groups is 1. The highest BCUT2D eigenvalue weighted by Gasteiger charge is 2.56. The lowest BCUT2D eigenvalue weighted by Gasteiger charge is -2.05. The number of hydrogen-bond acceptors (Lipinski definition) is 2. The minimum absolute atomic E-state index is 0.179. The van der Waals surface area contributed by atoms with E-state index in [9.17, 15) is 4.79 Å². The first-order valence-electron chi connectivity index (χ1n) is 5.68. The van der Waals surface area contributed by atoms with Crippen LogP contribution in [-0.2, 0) is 4.79 Å². The zero-order valence-electron chi connectivity index (χ0n) is 8.82. The normalized spacial score (nSPS) is 30.9. The van der Waals surface area contributed by atoms with Crippen LogP contribution < -0.4 is 5.32 Å². The Morgan fingerprint density at radius 1 is 1.38 bits per heavy atom. The van der Waals surface area contributed by atoms with Crippen molar-refractivity contribution in [2.75, 3.05) is 5.32 Å². The van der Waals surface area contributed by atoms with Gasteiger partial charge in [-0.2, -0.15) is 0 Å². The summed E-state index contributed by atoms with van der Waals surface area (Å²) >= 11 is 3.27. The summed E-state index contributed by atoms with van der Waals surface area (Å²) in [6.45, 7) is 0. The van der Waals surface area contributed by atoms with Gasteiger partial charge in [0.1, 0.15) is 4.60 Å². The Morgan fingerprint density at radius 3 is 2.75 bits per heavy atom. The standard InChI is InChI=1S/C12H13BrN2O/c13-10-5-4-7(6-14-10)15-12(16)11-8-2-1-3-9(8)11/h4-6,8-9,11H,1-3H2,(H,15,16). The van der Waals surface area contributed by atoms with E-state index in [1.165, 1.54) is 19.3 Å². The van der Waals surface area contributed by atoms with Crippen molar-refractivity contribution >= 4 is 27.5 Å². The van der Waals surface area contributed by atoms with Gasteiger partial charge in [-0.3, -0.25) is 4.79 Å². The van der Waals surface area contributed by atoms with Crippen molar-refractivity contribution in [2.45, 2.75) is 19.3 Å². The average Bonchev–Trinajstić information content (AvgIpc) is 2.76. The molecule has 1 heterocycles. The van der Waals surface area contributed by atoms with E-state index >= 15 is 0 Å². The number of hydrogen-bond donors (Lipinski definition) is 1. The predicted molar refractivity (Wildman–Crippen MR) is 64.9 cm³/mol. The average molecular weight is 281 g/mol. The number of carbonyl (C=O) groups excluding carboxylic acids is 1. The summed E-state index contributed by atoms with van der Waals surface area (Å²) in [4.78, 5) is 16.0. The van der Waals surface area contributed by atoms with Gasteiger partial charge in [0.25, 0.3) is 0 Å². The van der Waals surface area contributed by atoms with Crippen LogP contribution >= 0.6 is 15.9 Å². The molecule has 2 unspecified atom stereocenters. The molecule has 2 saturated carbocycles. The second kappa shape index (κ2) is 3.84. The van der Waals surface area contributed by atoms with Gasteiger partial charge >= 0.3 is 0 Å². The number of nitrogens with one attached hydrogen (secondary N) is 1. The largest absolute Gasteiger partial charge is 0.324 e. The number of fused-ring (bicyclic) bond motifs is 1. The van der Waals surface area contributed by atoms with Crippen LogP contribution in [0.3, 0.4) is 0 Å². The van der Waals surface area contributed by atoms with Crippen LogP contribution in [0.15, 0.2) is 22.9 Å². The Hall–Kier alpha value is -0.900. The molecule has 4 heteroatoms. The number of anilines is 1. The number of nitrogens with zero attached hydrogens (tertiary/aromatic N) is 1. The molecule has 16 heavy (non-hydrogen) atoms. The molecule has 0 radical (unpaired) electrons. The zero-order chi connectivity index (χ0) is 11.1. The molecular formula is C12H13BrN2O. The van der Waals surface area contributed by atoms with Crippen LogP contribution in [0.2, 0.25) is 0 Å². The number of amides is 1. The van der Waals surface area contributed by atoms with Gasteiger partial charge in [-0.05, 0) is 52.7 Å². The third kappa shape index (κ3) is 1.75. The predicted octanol–water partition coefficient (Wildman–Crippen LogP) is 2.83. The lowest BCUT2D eigenvalue weighted by atomic mass is 10.1. The molecule has 1 aromatic heterocycles. The van der Waals surface area contributed by atoms with Gasteiger partial charge in [0.2, 0.25) is 5.91 Å². The van der Waals surface area contributed by atoms with Crippen LogP contribution in [0.5, 0.6) is 0 Å². The molecular weight excluding hydrogens is 268 g/mol. The highest BCUT2D eigenvalue weighted by molar-refractivity contribution is 9.10. The lowest BCUT2D eigenvalue weighted by Crippen LogP contribution is -2.16. The Kier molecular flexibility index (Phi) is 2.46. The number of pyridine rings is 1. The summed E-state index contributed by atoms with van der Waals surface area (Å²) < 4.78 is 0.786. The van der Waals surface area contributed by atoms with Crippen molar-refractivity contribution in [1.82, 2.24) is 4.98 Å². The first kappa shape index (κ1) is 10.3. The van der Waals surface area contributed by atoms with E-state index in [1.807, 2.05) is 12.1 Å². The van der Waals surface area contributed by atoms with Gasteiger partial charge in [-0.1, -0.05) is 6.42 Å². The van der Waals surface area contributed by atoms with Crippen LogP contribution in [0, 0.1) is 17.8 Å². The highest BCUT2D eigenvalue weighted by atomic mass is 79.9. The van der Waals surface area contributed by atoms with Crippen LogP contribution in [-0.4, -0.2) is 10.9 Å². The van der Waals surface area contributed by atoms with Crippen molar-refractivity contribution in [3.05, 3.63) is 22.9 Å². The van der Waals surface area contributed by atoms with E-state index in [-0.39, 0.29) is 11.8 Å². The molecule has 0 saturated heterocycles. The fourth-order valence-electron chi connectivity index (χ4n) is 2.89. The molecule has 2 aliphatic rings. The number of halogens is 1. The third-order valence-corrected chi connectivity index (χ3v) is 4.17. The van der Waals surface area contributed by atoms with E-state index in [1.54, 1.807) is 6.20 Å². The molecule has 0 aliphatic heterocycles. The molecule has 1 amide bonds. The Labute approximate surface area is 103 Å². The van der Waals surface area contributed by atoms with Gasteiger partial charge in [0, 0.05) is 5.92 Å². The maximum Gasteiger partial charge on any atom is 0.228 e. The number of rotatable bonds is 2. The molecule has 1 N–H and O–H groups in total. The summed E-state index contributed by atoms with van der Waals surface area (Å²) in [5, 5.41) is 2.94. The second-order valence-corrected chi connectivity index (χ2v) is 5.46. The van der Waals surface area contributed by atoms with Crippen molar-refractivity contribution < 1.29 is 4.79 Å². The molecule has 0 bridgehead atoms. The van der Waals surface area contributed by atoms with Crippen molar-refractivity contribution in [1.29, 1.82) is 0 Å². The Morgan fingerprint density at radius 2 is 2.12 bits per heavy atom. The summed E-state index contributed by atoms with van der Waals surface area (Å²) in [5.41, 5.74) is 0.790. The zero-order valence-corrected chi connectivity index (χ0v) is 10.4. The highest BCUT2D eigenvalue weighted by Crippen LogP contribution is 2.57. The topological polar surface area (TPSA) is 42.0 Å². The third-order valence-electron chi connectivity index (χ3n) is 3.70. The van der Waals surface area contributed by atoms with Crippen LogP contribution in [0.25, 0.3) is 0 Å². The molecule has 3 nitrogen and oxygen atoms in total. The number of aromatic nitrogens is 1. The van der Waals surface area contributed by atoms with Gasteiger partial charge in [-0.25, -0.2) is 4.98 Å². The summed E-state index contributed by atoms with van der Waals surface area (Å²) in [6, 6.07) is 3.70. The van der Waals surface area contributed by atoms with E-state index < -0.39 is 0 Å². The minimum Gasteiger partial charge on any atom is -0.324 e. The maximum atomic E-state index is 11.9. The molecule has 0 spiro atoms. The van der Waals surface area contributed by atoms with E-state index in [4.69, 9.17) is 0 Å². The molecule has 1 aromatic rings. The first-order chi connectivity index (χ1) is 7.75. The Bertz CT molecular complexity index is 408. The summed E-state index contributed by atoms with van der Waals surface area (Å²) in [5.74, 6) is 1.79. The van der Waals surface area contributed by atoms with Gasteiger partial charge in [-0.15, -0.1) is 0 Å². The fourth-order valence-corrected chi connectivity index (χ4v) is 3.12. The molecule has 3 rings (SSSR count). The van der Waals surface area contributed by atoms with E-state index in [0.29, 0.717) is 11.8 Å². The summed E-state index contributed by atoms with van der Waals surface area (Å²) in [7, 11) is 0. The molecule has 0 aromatic carbocycles. The van der Waals surface area contributed by atoms with Gasteiger partial charge < -0.3 is 5.32 Å². The smallest absolute Gasteiger partial charge is 0.228 e. The SMILES string of the molecule is O=C(Nc1ccc(Br)nc1)C1C2CCCC21. The van der Waals surface area contributed by atoms with Gasteiger partial charge in [0.15, 0.2) is 0 Å². The molecule has 2 atom stereocenters. The molecule has 2 aliphatic carbocycles. The quantitative estimate of drug-likeness (QED) is 0.847. The minimum atomic E-state index is 0.179. The Balaban J connectivity index is 1.63. The van der Waals surface area contributed by atoms with Crippen LogP contribution in [0.4, 0.5) is 5.69 Å². The van der Waals surface area contributed by atoms with E-state index in [0.717, 1.165) is 10.3 Å². The first-order valence-corrected chi connectivity index (χ1v) is 6.47. The maximum absolute atomic E-state index is 11.9. The van der Waals surface area contributed by atoms with E-state index in [2.05, 4.69) is 26.2 Å². The monoisotopic (exact) mass is 280 g/mol. The lowest BCUT2D eigenvalue weighted by molar-refractivity contribution is -0.118. The summed E-state index contributed by atoms with van der Waals surface area (Å²) in [6.07, 6.45) is 5.46. The molecule has 2 fully saturated rings. The van der Waals surface area contributed by atoms with Crippen molar-refractivity contribution in [3.8, 4) is 0 Å².